The van der Waals surface area contributed by atoms with Crippen LogP contribution in [0.3, 0.4) is 0 Å². The number of nitrogens with one attached hydrogen (secondary N) is 2. The Labute approximate surface area is 177 Å². The van der Waals surface area contributed by atoms with Gasteiger partial charge in [0.25, 0.3) is 0 Å². The number of ether oxygens (including phenoxy) is 1. The molecule has 0 unspecified atom stereocenters. The second kappa shape index (κ2) is 9.32. The molecular weight excluding hydrogens is 419 g/mol. The molecule has 6 nitrogen and oxygen atoms in total. The number of benzene rings is 2. The van der Waals surface area contributed by atoms with E-state index in [1.165, 1.54) is 11.8 Å². The number of aromatic nitrogens is 3. The highest BCUT2D eigenvalue weighted by Crippen LogP contribution is 2.30. The first-order valence-corrected chi connectivity index (χ1v) is 10.1. The lowest BCUT2D eigenvalue weighted by molar-refractivity contribution is -0.115. The Bertz CT molecular complexity index is 963. The van der Waals surface area contributed by atoms with E-state index in [4.69, 9.17) is 27.9 Å². The van der Waals surface area contributed by atoms with Gasteiger partial charge in [0.05, 0.1) is 21.0 Å². The fourth-order valence-electron chi connectivity index (χ4n) is 2.23. The summed E-state index contributed by atoms with van der Waals surface area (Å²) in [6.07, 6.45) is 0. The van der Waals surface area contributed by atoms with Gasteiger partial charge in [-0.25, -0.2) is 4.98 Å². The molecule has 0 fully saturated rings. The zero-order valence-corrected chi connectivity index (χ0v) is 17.5. The summed E-state index contributed by atoms with van der Waals surface area (Å²) in [5.41, 5.74) is 1.63. The van der Waals surface area contributed by atoms with Gasteiger partial charge in [-0.2, -0.15) is 0 Å². The number of H-pyrrole nitrogens is 1. The third-order valence-electron chi connectivity index (χ3n) is 3.77. The molecule has 28 heavy (non-hydrogen) atoms. The third-order valence-corrected chi connectivity index (χ3v) is 5.55. The first-order valence-electron chi connectivity index (χ1n) is 8.44. The van der Waals surface area contributed by atoms with Crippen molar-refractivity contribution in [2.24, 2.45) is 0 Å². The number of hydrogen-bond acceptors (Lipinski definition) is 5. The second-order valence-electron chi connectivity index (χ2n) is 6.02. The average Bonchev–Trinajstić information content (AvgIpc) is 3.12. The molecule has 0 radical (unpaired) electrons. The molecule has 146 valence electrons. The van der Waals surface area contributed by atoms with Crippen LogP contribution >= 0.6 is 35.0 Å². The Hall–Kier alpha value is -2.22. The highest BCUT2D eigenvalue weighted by Gasteiger charge is 2.19. The van der Waals surface area contributed by atoms with Crippen LogP contribution in [0.15, 0.2) is 47.6 Å². The van der Waals surface area contributed by atoms with Crippen molar-refractivity contribution in [1.29, 1.82) is 0 Å². The molecule has 1 aromatic heterocycles. The Morgan fingerprint density at radius 2 is 2.00 bits per heavy atom. The summed E-state index contributed by atoms with van der Waals surface area (Å²) >= 11 is 13.3. The van der Waals surface area contributed by atoms with Crippen LogP contribution in [0, 0.1) is 6.92 Å². The Morgan fingerprint density at radius 1 is 1.25 bits per heavy atom. The van der Waals surface area contributed by atoms with Gasteiger partial charge in [-0.15, -0.1) is 5.10 Å². The van der Waals surface area contributed by atoms with Crippen molar-refractivity contribution >= 4 is 46.6 Å². The number of anilines is 1. The van der Waals surface area contributed by atoms with Crippen molar-refractivity contribution in [2.75, 3.05) is 5.32 Å². The van der Waals surface area contributed by atoms with E-state index in [2.05, 4.69) is 20.5 Å². The van der Waals surface area contributed by atoms with Crippen molar-refractivity contribution in [3.8, 4) is 5.75 Å². The number of aromatic amines is 1. The molecule has 9 heteroatoms. The van der Waals surface area contributed by atoms with Crippen LogP contribution in [0.5, 0.6) is 5.75 Å². The van der Waals surface area contributed by atoms with Gasteiger partial charge in [-0.3, -0.25) is 9.89 Å². The molecule has 0 aliphatic heterocycles. The smallest absolute Gasteiger partial charge is 0.237 e. The molecule has 0 bridgehead atoms. The maximum Gasteiger partial charge on any atom is 0.237 e. The minimum Gasteiger partial charge on any atom is -0.486 e. The van der Waals surface area contributed by atoms with Crippen molar-refractivity contribution in [3.63, 3.8) is 0 Å². The number of nitrogens with zero attached hydrogens (tertiary/aromatic N) is 2. The molecule has 0 saturated carbocycles. The Kier molecular flexibility index (Phi) is 6.83. The first-order chi connectivity index (χ1) is 13.4. The molecule has 0 spiro atoms. The normalized spacial score (nSPS) is 11.9. The minimum atomic E-state index is -0.434. The summed E-state index contributed by atoms with van der Waals surface area (Å²) in [5.74, 6) is 1.10. The number of amides is 1. The molecule has 0 saturated heterocycles. The fraction of sp³-hybridized carbons (Fsp3) is 0.211. The first kappa shape index (κ1) is 20.5. The molecule has 2 aromatic carbocycles. The summed E-state index contributed by atoms with van der Waals surface area (Å²) in [5, 5.41) is 10.4. The number of thioether (sulfide) groups is 1. The lowest BCUT2D eigenvalue weighted by Crippen LogP contribution is -2.22. The maximum absolute atomic E-state index is 12.4. The van der Waals surface area contributed by atoms with E-state index in [0.29, 0.717) is 26.7 Å². The van der Waals surface area contributed by atoms with Gasteiger partial charge in [0.1, 0.15) is 12.4 Å². The van der Waals surface area contributed by atoms with Gasteiger partial charge < -0.3 is 10.1 Å². The van der Waals surface area contributed by atoms with Crippen molar-refractivity contribution in [3.05, 3.63) is 63.9 Å². The number of rotatable bonds is 7. The molecular formula is C19H18Cl2N4O2S. The lowest BCUT2D eigenvalue weighted by atomic mass is 10.2. The maximum atomic E-state index is 12.4. The van der Waals surface area contributed by atoms with Crippen LogP contribution < -0.4 is 10.1 Å². The molecule has 1 amide bonds. The molecule has 3 aromatic rings. The molecule has 0 aliphatic rings. The number of carbonyl (C=O) groups is 1. The number of carbonyl (C=O) groups excluding carboxylic acids is 1. The highest BCUT2D eigenvalue weighted by atomic mass is 35.5. The highest BCUT2D eigenvalue weighted by molar-refractivity contribution is 8.00. The van der Waals surface area contributed by atoms with Crippen molar-refractivity contribution < 1.29 is 9.53 Å². The predicted octanol–water partition coefficient (Wildman–Crippen LogP) is 5.12. The van der Waals surface area contributed by atoms with Crippen LogP contribution in [-0.2, 0) is 11.4 Å². The fourth-order valence-corrected chi connectivity index (χ4v) is 3.32. The van der Waals surface area contributed by atoms with Gasteiger partial charge in [-0.1, -0.05) is 58.7 Å². The van der Waals surface area contributed by atoms with E-state index in [-0.39, 0.29) is 12.5 Å². The molecule has 0 aliphatic carbocycles. The van der Waals surface area contributed by atoms with E-state index in [0.717, 1.165) is 11.3 Å². The SMILES string of the molecule is Cc1ccc(OCc2nc(S[C@H](C)C(=O)Nc3cccc(Cl)c3Cl)n[nH]2)cc1. The van der Waals surface area contributed by atoms with Gasteiger partial charge in [0.2, 0.25) is 11.1 Å². The Morgan fingerprint density at radius 3 is 2.75 bits per heavy atom. The number of hydrogen-bond donors (Lipinski definition) is 2. The number of halogens is 2. The van der Waals surface area contributed by atoms with Crippen LogP contribution in [-0.4, -0.2) is 26.3 Å². The van der Waals surface area contributed by atoms with Crippen molar-refractivity contribution in [1.82, 2.24) is 15.2 Å². The standard InChI is InChI=1S/C19H18Cl2N4O2S/c1-11-6-8-13(9-7-11)27-10-16-23-19(25-24-16)28-12(2)18(26)22-15-5-3-4-14(20)17(15)21/h3-9,12H,10H2,1-2H3,(H,22,26)(H,23,24,25)/t12-/m1/s1. The summed E-state index contributed by atoms with van der Waals surface area (Å²) in [6.45, 7) is 4.04. The van der Waals surface area contributed by atoms with Gasteiger partial charge in [0.15, 0.2) is 5.82 Å². The minimum absolute atomic E-state index is 0.226. The van der Waals surface area contributed by atoms with Crippen LogP contribution in [0.4, 0.5) is 5.69 Å². The third kappa shape index (κ3) is 5.41. The Balaban J connectivity index is 1.54. The predicted molar refractivity (Wildman–Crippen MR) is 112 cm³/mol. The van der Waals surface area contributed by atoms with E-state index in [1.54, 1.807) is 25.1 Å². The van der Waals surface area contributed by atoms with Crippen molar-refractivity contribution in [2.45, 2.75) is 30.9 Å². The molecule has 1 atom stereocenters. The summed E-state index contributed by atoms with van der Waals surface area (Å²) in [6, 6.07) is 12.8. The molecule has 3 rings (SSSR count). The van der Waals surface area contributed by atoms with E-state index >= 15 is 0 Å². The zero-order valence-electron chi connectivity index (χ0n) is 15.2. The second-order valence-corrected chi connectivity index (χ2v) is 8.11. The van der Waals surface area contributed by atoms with E-state index in [1.807, 2.05) is 31.2 Å². The van der Waals surface area contributed by atoms with Crippen LogP contribution in [0.1, 0.15) is 18.3 Å². The summed E-state index contributed by atoms with van der Waals surface area (Å²) in [7, 11) is 0. The molecule has 2 N–H and O–H groups in total. The lowest BCUT2D eigenvalue weighted by Gasteiger charge is -2.11. The summed E-state index contributed by atoms with van der Waals surface area (Å²) in [4.78, 5) is 16.7. The van der Waals surface area contributed by atoms with Crippen LogP contribution in [0.25, 0.3) is 0 Å². The topological polar surface area (TPSA) is 79.9 Å². The largest absolute Gasteiger partial charge is 0.486 e. The van der Waals surface area contributed by atoms with Gasteiger partial charge in [-0.05, 0) is 38.1 Å². The van der Waals surface area contributed by atoms with Gasteiger partial charge in [0, 0.05) is 0 Å². The van der Waals surface area contributed by atoms with E-state index < -0.39 is 5.25 Å². The summed E-state index contributed by atoms with van der Waals surface area (Å²) < 4.78 is 5.67. The van der Waals surface area contributed by atoms with E-state index in [9.17, 15) is 4.79 Å². The average molecular weight is 437 g/mol. The zero-order chi connectivity index (χ0) is 20.1. The van der Waals surface area contributed by atoms with Gasteiger partial charge >= 0.3 is 0 Å². The molecule has 1 heterocycles. The number of aryl methyl sites for hydroxylation is 1. The quantitative estimate of drug-likeness (QED) is 0.502. The monoisotopic (exact) mass is 436 g/mol. The van der Waals surface area contributed by atoms with Crippen LogP contribution in [0.2, 0.25) is 10.0 Å².